The number of imide groups is 1. The fourth-order valence-electron chi connectivity index (χ4n) is 5.25. The Bertz CT molecular complexity index is 1230. The highest BCUT2D eigenvalue weighted by atomic mass is 32.2. The van der Waals surface area contributed by atoms with Gasteiger partial charge in [-0.3, -0.25) is 14.5 Å². The van der Waals surface area contributed by atoms with Gasteiger partial charge in [-0.25, -0.2) is 13.3 Å². The summed E-state index contributed by atoms with van der Waals surface area (Å²) >= 11 is 0. The average Bonchev–Trinajstić information content (AvgIpc) is 3.06. The van der Waals surface area contributed by atoms with E-state index in [1.54, 1.807) is 0 Å². The number of amides is 2. The minimum atomic E-state index is -3.66. The highest BCUT2D eigenvalue weighted by Gasteiger charge is 2.45. The lowest BCUT2D eigenvalue weighted by molar-refractivity contribution is -0.123. The minimum Gasteiger partial charge on any atom is -0.289 e. The molecule has 2 aromatic carbocycles. The van der Waals surface area contributed by atoms with Crippen LogP contribution in [0.15, 0.2) is 29.2 Å². The third-order valence-corrected chi connectivity index (χ3v) is 9.57. The van der Waals surface area contributed by atoms with E-state index in [0.717, 1.165) is 33.4 Å². The summed E-state index contributed by atoms with van der Waals surface area (Å²) < 4.78 is 28.7. The van der Waals surface area contributed by atoms with Crippen LogP contribution in [-0.4, -0.2) is 61.7 Å². The molecule has 4 rings (SSSR count). The largest absolute Gasteiger partial charge is 0.289 e. The van der Waals surface area contributed by atoms with Crippen molar-refractivity contribution in [3.8, 4) is 0 Å². The van der Waals surface area contributed by atoms with Crippen LogP contribution in [0.25, 0.3) is 0 Å². The van der Waals surface area contributed by atoms with E-state index in [4.69, 9.17) is 0 Å². The number of hydrogen-bond donors (Lipinski definition) is 0. The summed E-state index contributed by atoms with van der Waals surface area (Å²) in [6.07, 6.45) is 0.120. The normalized spacial score (nSPS) is 20.4. The molecule has 7 nitrogen and oxygen atoms in total. The van der Waals surface area contributed by atoms with Gasteiger partial charge in [0.1, 0.15) is 0 Å². The lowest BCUT2D eigenvalue weighted by Crippen LogP contribution is -2.54. The Morgan fingerprint density at radius 1 is 0.794 bits per heavy atom. The van der Waals surface area contributed by atoms with E-state index < -0.39 is 16.1 Å². The third kappa shape index (κ3) is 3.97. The number of anilines is 1. The SMILES string of the molecule is Cc1cc(C)c(C)c(S(=O)(=O)N2CCN(C3CC(=O)N(c4c(C)cccc4C)C3=O)CC2)c1C. The third-order valence-electron chi connectivity index (χ3n) is 7.40. The van der Waals surface area contributed by atoms with Crippen LogP contribution in [0.5, 0.6) is 0 Å². The molecule has 34 heavy (non-hydrogen) atoms. The Morgan fingerprint density at radius 3 is 1.85 bits per heavy atom. The van der Waals surface area contributed by atoms with Crippen LogP contribution in [0.4, 0.5) is 5.69 Å². The molecule has 182 valence electrons. The lowest BCUT2D eigenvalue weighted by Gasteiger charge is -2.37. The van der Waals surface area contributed by atoms with Gasteiger partial charge in [-0.15, -0.1) is 0 Å². The van der Waals surface area contributed by atoms with E-state index in [1.807, 2.05) is 70.7 Å². The second-order valence-electron chi connectivity index (χ2n) is 9.56. The van der Waals surface area contributed by atoms with Gasteiger partial charge in [-0.2, -0.15) is 4.31 Å². The highest BCUT2D eigenvalue weighted by Crippen LogP contribution is 2.33. The molecule has 2 aliphatic heterocycles. The number of benzene rings is 2. The summed E-state index contributed by atoms with van der Waals surface area (Å²) in [5.41, 5.74) is 5.93. The Balaban J connectivity index is 1.53. The van der Waals surface area contributed by atoms with E-state index in [0.29, 0.717) is 23.7 Å². The van der Waals surface area contributed by atoms with Gasteiger partial charge in [-0.05, 0) is 74.9 Å². The Labute approximate surface area is 202 Å². The van der Waals surface area contributed by atoms with Crippen LogP contribution in [0.1, 0.15) is 39.8 Å². The number of carbonyl (C=O) groups is 2. The number of carbonyl (C=O) groups excluding carboxylic acids is 2. The molecule has 2 aliphatic rings. The van der Waals surface area contributed by atoms with Crippen molar-refractivity contribution in [2.75, 3.05) is 31.1 Å². The van der Waals surface area contributed by atoms with Gasteiger partial charge in [-0.1, -0.05) is 24.3 Å². The Morgan fingerprint density at radius 2 is 1.32 bits per heavy atom. The van der Waals surface area contributed by atoms with Gasteiger partial charge in [0.15, 0.2) is 0 Å². The van der Waals surface area contributed by atoms with Crippen molar-refractivity contribution in [1.82, 2.24) is 9.21 Å². The van der Waals surface area contributed by atoms with Gasteiger partial charge in [0.05, 0.1) is 23.0 Å². The molecule has 0 bridgehead atoms. The van der Waals surface area contributed by atoms with Gasteiger partial charge < -0.3 is 0 Å². The van der Waals surface area contributed by atoms with Crippen molar-refractivity contribution < 1.29 is 18.0 Å². The summed E-state index contributed by atoms with van der Waals surface area (Å²) in [5, 5.41) is 0. The molecule has 0 saturated carbocycles. The second kappa shape index (κ2) is 8.91. The summed E-state index contributed by atoms with van der Waals surface area (Å²) in [4.78, 5) is 29.9. The minimum absolute atomic E-state index is 0.120. The number of para-hydroxylation sites is 1. The van der Waals surface area contributed by atoms with Crippen LogP contribution >= 0.6 is 0 Å². The van der Waals surface area contributed by atoms with E-state index in [-0.39, 0.29) is 31.3 Å². The zero-order valence-corrected chi connectivity index (χ0v) is 21.6. The molecule has 0 aromatic heterocycles. The lowest BCUT2D eigenvalue weighted by atomic mass is 10.0. The van der Waals surface area contributed by atoms with Gasteiger partial charge in [0.2, 0.25) is 15.9 Å². The van der Waals surface area contributed by atoms with E-state index in [2.05, 4.69) is 0 Å². The van der Waals surface area contributed by atoms with Crippen molar-refractivity contribution >= 4 is 27.5 Å². The molecule has 0 N–H and O–H groups in total. The zero-order valence-electron chi connectivity index (χ0n) is 20.8. The van der Waals surface area contributed by atoms with Crippen LogP contribution in [-0.2, 0) is 19.6 Å². The summed E-state index contributed by atoms with van der Waals surface area (Å²) in [5.74, 6) is -0.427. The number of nitrogens with zero attached hydrogens (tertiary/aromatic N) is 3. The van der Waals surface area contributed by atoms with Crippen molar-refractivity contribution in [1.29, 1.82) is 0 Å². The molecule has 0 radical (unpaired) electrons. The molecule has 2 heterocycles. The molecule has 0 aliphatic carbocycles. The first kappa shape index (κ1) is 24.6. The van der Waals surface area contributed by atoms with Gasteiger partial charge >= 0.3 is 0 Å². The molecular weight excluding hydrogens is 450 g/mol. The van der Waals surface area contributed by atoms with Gasteiger partial charge in [0, 0.05) is 26.2 Å². The monoisotopic (exact) mass is 483 g/mol. The zero-order chi connectivity index (χ0) is 24.9. The first-order valence-electron chi connectivity index (χ1n) is 11.7. The molecule has 2 saturated heterocycles. The summed E-state index contributed by atoms with van der Waals surface area (Å²) in [6.45, 7) is 12.8. The Hall–Kier alpha value is -2.55. The molecular formula is C26H33N3O4S. The van der Waals surface area contributed by atoms with Gasteiger partial charge in [0.25, 0.3) is 5.91 Å². The van der Waals surface area contributed by atoms with E-state index in [1.165, 1.54) is 9.21 Å². The van der Waals surface area contributed by atoms with Crippen LogP contribution in [0.3, 0.4) is 0 Å². The van der Waals surface area contributed by atoms with Crippen molar-refractivity contribution in [3.63, 3.8) is 0 Å². The topological polar surface area (TPSA) is 78.0 Å². The molecule has 1 atom stereocenters. The number of sulfonamides is 1. The van der Waals surface area contributed by atoms with Crippen LogP contribution < -0.4 is 4.90 Å². The predicted molar refractivity (Wildman–Crippen MR) is 133 cm³/mol. The fraction of sp³-hybridized carbons (Fsp3) is 0.462. The maximum absolute atomic E-state index is 13.6. The van der Waals surface area contributed by atoms with E-state index in [9.17, 15) is 18.0 Å². The average molecular weight is 484 g/mol. The maximum atomic E-state index is 13.6. The smallest absolute Gasteiger partial charge is 0.251 e. The van der Waals surface area contributed by atoms with Crippen molar-refractivity contribution in [3.05, 3.63) is 57.6 Å². The molecule has 1 unspecified atom stereocenters. The first-order valence-corrected chi connectivity index (χ1v) is 13.1. The molecule has 2 aromatic rings. The van der Waals surface area contributed by atoms with Crippen LogP contribution in [0, 0.1) is 41.5 Å². The number of aryl methyl sites for hydroxylation is 4. The van der Waals surface area contributed by atoms with E-state index >= 15 is 0 Å². The Kier molecular flexibility index (Phi) is 6.44. The summed E-state index contributed by atoms with van der Waals surface area (Å²) in [6, 6.07) is 7.18. The fourth-order valence-corrected chi connectivity index (χ4v) is 7.24. The van der Waals surface area contributed by atoms with Crippen molar-refractivity contribution in [2.24, 2.45) is 0 Å². The standard InChI is InChI=1S/C26H33N3O4S/c1-16-8-7-9-17(2)24(16)29-23(30)15-22(26(29)31)27-10-12-28(13-11-27)34(32,33)25-20(5)18(3)14-19(4)21(25)6/h7-9,14,22H,10-13,15H2,1-6H3. The predicted octanol–water partition coefficient (Wildman–Crippen LogP) is 3.18. The molecule has 8 heteroatoms. The highest BCUT2D eigenvalue weighted by molar-refractivity contribution is 7.89. The maximum Gasteiger partial charge on any atom is 0.251 e. The molecule has 2 amide bonds. The molecule has 2 fully saturated rings. The second-order valence-corrected chi connectivity index (χ2v) is 11.4. The van der Waals surface area contributed by atoms with Crippen LogP contribution in [0.2, 0.25) is 0 Å². The number of hydrogen-bond acceptors (Lipinski definition) is 5. The number of piperazine rings is 1. The summed E-state index contributed by atoms with van der Waals surface area (Å²) in [7, 11) is -3.66. The van der Waals surface area contributed by atoms with Crippen molar-refractivity contribution in [2.45, 2.75) is 58.9 Å². The first-order chi connectivity index (χ1) is 15.9. The number of rotatable bonds is 4. The molecule has 0 spiro atoms. The quantitative estimate of drug-likeness (QED) is 0.625.